The lowest BCUT2D eigenvalue weighted by Crippen LogP contribution is -2.53. The number of benzene rings is 3. The van der Waals surface area contributed by atoms with Crippen molar-refractivity contribution in [2.24, 2.45) is 0 Å². The molecular weight excluding hydrogens is 460 g/mol. The summed E-state index contributed by atoms with van der Waals surface area (Å²) in [6.45, 7) is 13.1. The topological polar surface area (TPSA) is 45.0 Å². The second-order valence-corrected chi connectivity index (χ2v) is 9.20. The second kappa shape index (κ2) is 10.8. The molecule has 3 aromatic carbocycles. The molecule has 0 N–H and O–H groups in total. The van der Waals surface area contributed by atoms with Gasteiger partial charge in [0.05, 0.1) is 6.57 Å². The van der Waals surface area contributed by atoms with Crippen LogP contribution in [0.25, 0.3) is 4.85 Å². The van der Waals surface area contributed by atoms with Gasteiger partial charge in [0.25, 0.3) is 5.91 Å². The Balaban J connectivity index is 1.45. The molecular formula is C29H27F2N3O2. The van der Waals surface area contributed by atoms with Crippen LogP contribution in [0.2, 0.25) is 0 Å². The van der Waals surface area contributed by atoms with Gasteiger partial charge >= 0.3 is 0 Å². The molecule has 1 atom stereocenters. The van der Waals surface area contributed by atoms with E-state index in [1.54, 1.807) is 35.2 Å². The van der Waals surface area contributed by atoms with E-state index in [0.29, 0.717) is 48.6 Å². The summed E-state index contributed by atoms with van der Waals surface area (Å²) in [5, 5.41) is 0. The highest BCUT2D eigenvalue weighted by Gasteiger charge is 2.28. The van der Waals surface area contributed by atoms with Gasteiger partial charge in [0.15, 0.2) is 11.5 Å². The molecule has 1 fully saturated rings. The molecule has 1 aliphatic rings. The number of carbonyl (C=O) groups excluding carboxylic acids is 2. The highest BCUT2D eigenvalue weighted by atomic mass is 19.1. The molecule has 1 aliphatic heterocycles. The monoisotopic (exact) mass is 487 g/mol. The first-order valence-corrected chi connectivity index (χ1v) is 11.8. The minimum absolute atomic E-state index is 0.0460. The van der Waals surface area contributed by atoms with E-state index in [-0.39, 0.29) is 24.2 Å². The molecule has 0 bridgehead atoms. The van der Waals surface area contributed by atoms with Crippen LogP contribution in [0.3, 0.4) is 0 Å². The predicted octanol–water partition coefficient (Wildman–Crippen LogP) is 5.60. The van der Waals surface area contributed by atoms with Gasteiger partial charge < -0.3 is 4.90 Å². The van der Waals surface area contributed by atoms with Crippen molar-refractivity contribution in [3.8, 4) is 0 Å². The van der Waals surface area contributed by atoms with Gasteiger partial charge in [-0.05, 0) is 66.9 Å². The van der Waals surface area contributed by atoms with Crippen LogP contribution in [0.4, 0.5) is 14.5 Å². The fourth-order valence-electron chi connectivity index (χ4n) is 4.68. The maximum Gasteiger partial charge on any atom is 0.254 e. The van der Waals surface area contributed by atoms with E-state index < -0.39 is 11.6 Å². The summed E-state index contributed by atoms with van der Waals surface area (Å²) in [6.07, 6.45) is 0.0460. The summed E-state index contributed by atoms with van der Waals surface area (Å²) in [6, 6.07) is 15.0. The number of ketones is 1. The third-order valence-electron chi connectivity index (χ3n) is 6.67. The quantitative estimate of drug-likeness (QED) is 0.336. The van der Waals surface area contributed by atoms with E-state index in [1.807, 2.05) is 13.8 Å². The van der Waals surface area contributed by atoms with Gasteiger partial charge in [0, 0.05) is 49.8 Å². The lowest BCUT2D eigenvalue weighted by Gasteiger charge is -2.40. The van der Waals surface area contributed by atoms with Crippen LogP contribution in [-0.4, -0.2) is 47.2 Å². The van der Waals surface area contributed by atoms with Crippen LogP contribution in [0.15, 0.2) is 60.7 Å². The molecule has 0 unspecified atom stereocenters. The largest absolute Gasteiger partial charge is 0.333 e. The summed E-state index contributed by atoms with van der Waals surface area (Å²) >= 11 is 0. The van der Waals surface area contributed by atoms with E-state index in [2.05, 4.69) is 9.74 Å². The summed E-state index contributed by atoms with van der Waals surface area (Å²) in [7, 11) is 0. The van der Waals surface area contributed by atoms with Crippen LogP contribution in [0.1, 0.15) is 44.3 Å². The van der Waals surface area contributed by atoms with Crippen molar-refractivity contribution in [3.63, 3.8) is 0 Å². The maximum atomic E-state index is 14.5. The average molecular weight is 488 g/mol. The fraction of sp³-hybridized carbons (Fsp3) is 0.276. The van der Waals surface area contributed by atoms with Crippen molar-refractivity contribution >= 4 is 17.4 Å². The number of amides is 1. The second-order valence-electron chi connectivity index (χ2n) is 9.20. The zero-order chi connectivity index (χ0) is 25.8. The zero-order valence-electron chi connectivity index (χ0n) is 20.3. The molecule has 3 aromatic rings. The van der Waals surface area contributed by atoms with Gasteiger partial charge in [-0.1, -0.05) is 24.3 Å². The van der Waals surface area contributed by atoms with Crippen LogP contribution in [0, 0.1) is 25.1 Å². The summed E-state index contributed by atoms with van der Waals surface area (Å²) in [4.78, 5) is 33.0. The lowest BCUT2D eigenvalue weighted by molar-refractivity contribution is 0.0474. The van der Waals surface area contributed by atoms with Crippen molar-refractivity contribution in [2.45, 2.75) is 32.9 Å². The molecule has 0 spiro atoms. The van der Waals surface area contributed by atoms with Crippen molar-refractivity contribution in [2.75, 3.05) is 19.6 Å². The molecule has 5 nitrogen and oxygen atoms in total. The SMILES string of the molecule is [C-]#[N+]c1cccc(C(=O)Cc2cc(F)cc(CN3CCN(C(=O)c4cccc(F)c4)[C@@H](C)C3)c2C)c1. The summed E-state index contributed by atoms with van der Waals surface area (Å²) in [5.74, 6) is -1.21. The molecule has 0 aliphatic carbocycles. The standard InChI is InChI=1S/C29H27F2N3O2/c1-19-17-33(10-11-34(19)29(36)22-7-4-8-25(30)12-22)18-24-14-26(31)13-23(20(24)2)16-28(35)21-6-5-9-27(15-21)32-3/h4-9,12-15,19H,10-11,16-18H2,1-2H3/t19-/m0/s1. The Labute approximate surface area is 209 Å². The molecule has 1 saturated heterocycles. The normalized spacial score (nSPS) is 16.0. The Morgan fingerprint density at radius 1 is 0.972 bits per heavy atom. The third-order valence-corrected chi connectivity index (χ3v) is 6.67. The van der Waals surface area contributed by atoms with Crippen LogP contribution < -0.4 is 0 Å². The first-order chi connectivity index (χ1) is 17.2. The first-order valence-electron chi connectivity index (χ1n) is 11.8. The maximum absolute atomic E-state index is 14.5. The Morgan fingerprint density at radius 2 is 1.69 bits per heavy atom. The van der Waals surface area contributed by atoms with Crippen molar-refractivity contribution in [1.29, 1.82) is 0 Å². The lowest BCUT2D eigenvalue weighted by atomic mass is 9.95. The van der Waals surface area contributed by atoms with E-state index >= 15 is 0 Å². The summed E-state index contributed by atoms with van der Waals surface area (Å²) in [5.41, 5.74) is 3.42. The van der Waals surface area contributed by atoms with Crippen LogP contribution >= 0.6 is 0 Å². The number of Topliss-reactive ketones (excluding diaryl/α,β-unsaturated/α-hetero) is 1. The van der Waals surface area contributed by atoms with Gasteiger partial charge in [0.1, 0.15) is 11.6 Å². The predicted molar refractivity (Wildman–Crippen MR) is 134 cm³/mol. The number of hydrogen-bond donors (Lipinski definition) is 0. The van der Waals surface area contributed by atoms with Gasteiger partial charge in [-0.2, -0.15) is 0 Å². The van der Waals surface area contributed by atoms with Crippen molar-refractivity contribution in [3.05, 3.63) is 112 Å². The zero-order valence-corrected chi connectivity index (χ0v) is 20.3. The molecule has 184 valence electrons. The minimum Gasteiger partial charge on any atom is -0.333 e. The molecule has 0 radical (unpaired) electrons. The van der Waals surface area contributed by atoms with Crippen LogP contribution in [-0.2, 0) is 13.0 Å². The number of halogens is 2. The average Bonchev–Trinajstić information content (AvgIpc) is 2.86. The molecule has 1 heterocycles. The van der Waals surface area contributed by atoms with E-state index in [4.69, 9.17) is 6.57 Å². The number of piperazine rings is 1. The molecule has 4 rings (SSSR count). The third kappa shape index (κ3) is 5.67. The number of carbonyl (C=O) groups is 2. The van der Waals surface area contributed by atoms with Crippen molar-refractivity contribution in [1.82, 2.24) is 9.80 Å². The fourth-order valence-corrected chi connectivity index (χ4v) is 4.68. The highest BCUT2D eigenvalue weighted by Crippen LogP contribution is 2.23. The Hall–Kier alpha value is -3.89. The molecule has 0 saturated carbocycles. The van der Waals surface area contributed by atoms with Gasteiger partial charge in [0.2, 0.25) is 0 Å². The highest BCUT2D eigenvalue weighted by molar-refractivity contribution is 5.98. The van der Waals surface area contributed by atoms with Gasteiger partial charge in [-0.3, -0.25) is 14.5 Å². The number of nitrogens with zero attached hydrogens (tertiary/aromatic N) is 3. The van der Waals surface area contributed by atoms with E-state index in [1.165, 1.54) is 30.3 Å². The number of hydrogen-bond acceptors (Lipinski definition) is 3. The molecule has 0 aromatic heterocycles. The Morgan fingerprint density at radius 3 is 2.42 bits per heavy atom. The van der Waals surface area contributed by atoms with Gasteiger partial charge in [-0.15, -0.1) is 0 Å². The Kier molecular flexibility index (Phi) is 7.56. The number of rotatable bonds is 6. The van der Waals surface area contributed by atoms with E-state index in [0.717, 1.165) is 11.1 Å². The molecule has 7 heteroatoms. The summed E-state index contributed by atoms with van der Waals surface area (Å²) < 4.78 is 28.1. The first kappa shape index (κ1) is 25.2. The Bertz CT molecular complexity index is 1350. The van der Waals surface area contributed by atoms with Crippen LogP contribution in [0.5, 0.6) is 0 Å². The molecule has 1 amide bonds. The van der Waals surface area contributed by atoms with E-state index in [9.17, 15) is 18.4 Å². The van der Waals surface area contributed by atoms with Crippen molar-refractivity contribution < 1.29 is 18.4 Å². The smallest absolute Gasteiger partial charge is 0.254 e. The van der Waals surface area contributed by atoms with Gasteiger partial charge in [-0.25, -0.2) is 13.6 Å². The molecule has 36 heavy (non-hydrogen) atoms. The minimum atomic E-state index is -0.443.